The molecule has 1 N–H and O–H groups in total. The largest absolute Gasteiger partial charge is 0.411 e. The van der Waals surface area contributed by atoms with Gasteiger partial charge in [-0.1, -0.05) is 54.5 Å². The van der Waals surface area contributed by atoms with Crippen LogP contribution in [0.25, 0.3) is 0 Å². The zero-order valence-electron chi connectivity index (χ0n) is 11.8. The normalized spacial score (nSPS) is 19.0. The molecule has 0 amide bonds. The number of oxime groups is 1. The standard InChI is InChI=1S/C16H18N2O2/c1-16(2)9-12(17-19)15-13(10-16)18-20-14(15)8-11-6-4-3-5-7-11/h3-7,19H,8-10H2,1-2H3/b17-12+. The van der Waals surface area contributed by atoms with Crippen molar-refractivity contribution in [3.8, 4) is 0 Å². The van der Waals surface area contributed by atoms with Crippen LogP contribution in [-0.2, 0) is 12.8 Å². The Kier molecular flexibility index (Phi) is 3.08. The van der Waals surface area contributed by atoms with Gasteiger partial charge in [0.15, 0.2) is 5.76 Å². The van der Waals surface area contributed by atoms with Gasteiger partial charge < -0.3 is 9.73 Å². The molecule has 1 aliphatic rings. The van der Waals surface area contributed by atoms with Crippen molar-refractivity contribution in [3.05, 3.63) is 52.9 Å². The number of aromatic nitrogens is 1. The molecule has 0 spiro atoms. The minimum atomic E-state index is 0.0510. The monoisotopic (exact) mass is 270 g/mol. The molecule has 2 aromatic rings. The zero-order chi connectivity index (χ0) is 14.2. The summed E-state index contributed by atoms with van der Waals surface area (Å²) in [6.45, 7) is 4.29. The van der Waals surface area contributed by atoms with Crippen molar-refractivity contribution in [2.75, 3.05) is 0 Å². The molecule has 20 heavy (non-hydrogen) atoms. The van der Waals surface area contributed by atoms with Crippen molar-refractivity contribution < 1.29 is 9.73 Å². The minimum absolute atomic E-state index is 0.0510. The van der Waals surface area contributed by atoms with Crippen LogP contribution in [0, 0.1) is 5.41 Å². The molecular formula is C16H18N2O2. The number of nitrogens with zero attached hydrogens (tertiary/aromatic N) is 2. The van der Waals surface area contributed by atoms with Crippen molar-refractivity contribution in [3.63, 3.8) is 0 Å². The molecule has 4 heteroatoms. The van der Waals surface area contributed by atoms with Crippen LogP contribution in [-0.4, -0.2) is 16.1 Å². The Labute approximate surface area is 118 Å². The summed E-state index contributed by atoms with van der Waals surface area (Å²) < 4.78 is 5.50. The summed E-state index contributed by atoms with van der Waals surface area (Å²) in [6, 6.07) is 10.1. The third kappa shape index (κ3) is 2.33. The molecule has 1 aromatic heterocycles. The maximum Gasteiger partial charge on any atom is 0.150 e. The molecule has 4 nitrogen and oxygen atoms in total. The minimum Gasteiger partial charge on any atom is -0.411 e. The summed E-state index contributed by atoms with van der Waals surface area (Å²) in [5, 5.41) is 17.0. The van der Waals surface area contributed by atoms with E-state index in [9.17, 15) is 5.21 Å². The van der Waals surface area contributed by atoms with Gasteiger partial charge >= 0.3 is 0 Å². The van der Waals surface area contributed by atoms with Gasteiger partial charge in [-0.25, -0.2) is 0 Å². The van der Waals surface area contributed by atoms with Gasteiger partial charge in [-0.2, -0.15) is 0 Å². The quantitative estimate of drug-likeness (QED) is 0.672. The van der Waals surface area contributed by atoms with Gasteiger partial charge in [0, 0.05) is 6.42 Å². The van der Waals surface area contributed by atoms with Crippen LogP contribution in [0.2, 0.25) is 0 Å². The summed E-state index contributed by atoms with van der Waals surface area (Å²) in [5.41, 5.74) is 3.70. The Morgan fingerprint density at radius 3 is 2.70 bits per heavy atom. The van der Waals surface area contributed by atoms with Crippen molar-refractivity contribution in [2.24, 2.45) is 10.6 Å². The third-order valence-corrected chi connectivity index (χ3v) is 3.74. The lowest BCUT2D eigenvalue weighted by atomic mass is 9.75. The summed E-state index contributed by atoms with van der Waals surface area (Å²) in [7, 11) is 0. The molecule has 104 valence electrons. The van der Waals surface area contributed by atoms with E-state index in [4.69, 9.17) is 4.52 Å². The first-order valence-electron chi connectivity index (χ1n) is 6.82. The van der Waals surface area contributed by atoms with Gasteiger partial charge in [-0.3, -0.25) is 0 Å². The van der Waals surface area contributed by atoms with Crippen LogP contribution in [0.3, 0.4) is 0 Å². The summed E-state index contributed by atoms with van der Waals surface area (Å²) >= 11 is 0. The lowest BCUT2D eigenvalue weighted by molar-refractivity contribution is 0.305. The first kappa shape index (κ1) is 12.9. The molecule has 3 rings (SSSR count). The van der Waals surface area contributed by atoms with Crippen LogP contribution >= 0.6 is 0 Å². The second-order valence-electron chi connectivity index (χ2n) is 6.15. The van der Waals surface area contributed by atoms with E-state index in [1.807, 2.05) is 18.2 Å². The fourth-order valence-electron chi connectivity index (χ4n) is 2.86. The number of benzene rings is 1. The lowest BCUT2D eigenvalue weighted by Gasteiger charge is -2.28. The van der Waals surface area contributed by atoms with Gasteiger partial charge in [0.1, 0.15) is 0 Å². The molecule has 0 fully saturated rings. The highest BCUT2D eigenvalue weighted by molar-refractivity contribution is 6.03. The number of fused-ring (bicyclic) bond motifs is 1. The van der Waals surface area contributed by atoms with E-state index in [1.165, 1.54) is 0 Å². The Morgan fingerprint density at radius 1 is 1.25 bits per heavy atom. The Balaban J connectivity index is 1.98. The molecule has 1 aromatic carbocycles. The highest BCUT2D eigenvalue weighted by Gasteiger charge is 2.35. The maximum atomic E-state index is 9.30. The maximum absolute atomic E-state index is 9.30. The van der Waals surface area contributed by atoms with Crippen molar-refractivity contribution in [2.45, 2.75) is 33.1 Å². The molecule has 0 aliphatic heterocycles. The van der Waals surface area contributed by atoms with Gasteiger partial charge in [0.25, 0.3) is 0 Å². The van der Waals surface area contributed by atoms with E-state index in [0.717, 1.165) is 35.4 Å². The molecule has 0 saturated carbocycles. The molecule has 0 bridgehead atoms. The Morgan fingerprint density at radius 2 is 2.00 bits per heavy atom. The van der Waals surface area contributed by atoms with E-state index in [2.05, 4.69) is 36.3 Å². The fourth-order valence-corrected chi connectivity index (χ4v) is 2.86. The average molecular weight is 270 g/mol. The van der Waals surface area contributed by atoms with E-state index < -0.39 is 0 Å². The van der Waals surface area contributed by atoms with Crippen LogP contribution in [0.4, 0.5) is 0 Å². The van der Waals surface area contributed by atoms with Crippen molar-refractivity contribution >= 4 is 5.71 Å². The summed E-state index contributed by atoms with van der Waals surface area (Å²) in [4.78, 5) is 0. The van der Waals surface area contributed by atoms with Gasteiger partial charge in [0.05, 0.1) is 17.0 Å². The first-order valence-corrected chi connectivity index (χ1v) is 6.82. The molecule has 1 heterocycles. The van der Waals surface area contributed by atoms with Crippen LogP contribution in [0.5, 0.6) is 0 Å². The predicted molar refractivity (Wildman–Crippen MR) is 76.2 cm³/mol. The van der Waals surface area contributed by atoms with Crippen LogP contribution in [0.1, 0.15) is 42.8 Å². The molecule has 0 radical (unpaired) electrons. The Hall–Kier alpha value is -2.10. The van der Waals surface area contributed by atoms with Crippen molar-refractivity contribution in [1.82, 2.24) is 5.16 Å². The first-order chi connectivity index (χ1) is 9.59. The lowest BCUT2D eigenvalue weighted by Crippen LogP contribution is -2.27. The van der Waals surface area contributed by atoms with Gasteiger partial charge in [-0.05, 0) is 23.8 Å². The van der Waals surface area contributed by atoms with Crippen LogP contribution in [0.15, 0.2) is 40.0 Å². The average Bonchev–Trinajstić information content (AvgIpc) is 2.80. The zero-order valence-corrected chi connectivity index (χ0v) is 11.8. The summed E-state index contributed by atoms with van der Waals surface area (Å²) in [6.07, 6.45) is 2.25. The molecule has 1 aliphatic carbocycles. The van der Waals surface area contributed by atoms with Crippen LogP contribution < -0.4 is 0 Å². The van der Waals surface area contributed by atoms with E-state index >= 15 is 0 Å². The number of hydrogen-bond acceptors (Lipinski definition) is 4. The number of hydrogen-bond donors (Lipinski definition) is 1. The van der Waals surface area contributed by atoms with Gasteiger partial charge in [-0.15, -0.1) is 0 Å². The molecular weight excluding hydrogens is 252 g/mol. The highest BCUT2D eigenvalue weighted by Crippen LogP contribution is 2.36. The topological polar surface area (TPSA) is 58.6 Å². The molecule has 0 atom stereocenters. The smallest absolute Gasteiger partial charge is 0.150 e. The summed E-state index contributed by atoms with van der Waals surface area (Å²) in [5.74, 6) is 0.787. The van der Waals surface area contributed by atoms with E-state index in [1.54, 1.807) is 0 Å². The van der Waals surface area contributed by atoms with E-state index in [-0.39, 0.29) is 5.41 Å². The van der Waals surface area contributed by atoms with Crippen molar-refractivity contribution in [1.29, 1.82) is 0 Å². The second-order valence-corrected chi connectivity index (χ2v) is 6.15. The number of rotatable bonds is 2. The molecule has 0 saturated heterocycles. The SMILES string of the molecule is CC1(C)C/C(=N\O)c2c(noc2Cc2ccccc2)C1. The fraction of sp³-hybridized carbons (Fsp3) is 0.375. The predicted octanol–water partition coefficient (Wildman–Crippen LogP) is 3.42. The molecule has 0 unspecified atom stereocenters. The highest BCUT2D eigenvalue weighted by atomic mass is 16.5. The second kappa shape index (κ2) is 4.78. The van der Waals surface area contributed by atoms with E-state index in [0.29, 0.717) is 12.1 Å². The third-order valence-electron chi connectivity index (χ3n) is 3.74. The Bertz CT molecular complexity index is 642. The van der Waals surface area contributed by atoms with Gasteiger partial charge in [0.2, 0.25) is 0 Å².